The van der Waals surface area contributed by atoms with Crippen molar-refractivity contribution in [2.75, 3.05) is 0 Å². The van der Waals surface area contributed by atoms with Crippen molar-refractivity contribution in [1.82, 2.24) is 0 Å². The highest BCUT2D eigenvalue weighted by atomic mass is 16.0. The van der Waals surface area contributed by atoms with Gasteiger partial charge in [-0.3, -0.25) is 0 Å². The number of rotatable bonds is 0. The summed E-state index contributed by atoms with van der Waals surface area (Å²) in [6, 6.07) is 0. The smallest absolute Gasteiger partial charge is 0.0440 e. The summed E-state index contributed by atoms with van der Waals surface area (Å²) >= 11 is 0. The molecule has 2 unspecified atom stereocenters. The van der Waals surface area contributed by atoms with Crippen LogP contribution in [0, 0.1) is 11.8 Å². The maximum Gasteiger partial charge on any atom is -0.0440 e. The zero-order valence-electron chi connectivity index (χ0n) is 8.48. The van der Waals surface area contributed by atoms with E-state index in [9.17, 15) is 0 Å². The van der Waals surface area contributed by atoms with Gasteiger partial charge in [0.15, 0.2) is 0 Å². The van der Waals surface area contributed by atoms with Gasteiger partial charge in [-0.25, -0.2) is 0 Å². The lowest BCUT2D eigenvalue weighted by Gasteiger charge is -2.22. The Balaban J connectivity index is 0. The van der Waals surface area contributed by atoms with Crippen molar-refractivity contribution in [2.45, 2.75) is 53.4 Å². The van der Waals surface area contributed by atoms with Crippen LogP contribution in [0.2, 0.25) is 0 Å². The van der Waals surface area contributed by atoms with E-state index in [1.807, 2.05) is 13.8 Å². The SMILES string of the molecule is CC.CC1CCCC(C)C1.O. The predicted octanol–water partition coefficient (Wildman–Crippen LogP) is 3.03. The molecule has 0 heterocycles. The molecular formula is C10H24O. The Labute approximate surface area is 71.5 Å². The van der Waals surface area contributed by atoms with Gasteiger partial charge in [-0.2, -0.15) is 0 Å². The minimum atomic E-state index is 0. The minimum Gasteiger partial charge on any atom is -0.412 e. The summed E-state index contributed by atoms with van der Waals surface area (Å²) in [7, 11) is 0. The van der Waals surface area contributed by atoms with Crippen molar-refractivity contribution in [3.63, 3.8) is 0 Å². The van der Waals surface area contributed by atoms with Crippen LogP contribution in [-0.4, -0.2) is 5.48 Å². The monoisotopic (exact) mass is 160 g/mol. The summed E-state index contributed by atoms with van der Waals surface area (Å²) in [6.45, 7) is 8.74. The van der Waals surface area contributed by atoms with Crippen molar-refractivity contribution in [3.05, 3.63) is 0 Å². The van der Waals surface area contributed by atoms with Crippen LogP contribution in [0.3, 0.4) is 0 Å². The molecule has 0 aromatic heterocycles. The van der Waals surface area contributed by atoms with E-state index in [4.69, 9.17) is 0 Å². The van der Waals surface area contributed by atoms with E-state index in [1.54, 1.807) is 0 Å². The highest BCUT2D eigenvalue weighted by molar-refractivity contribution is 4.66. The number of hydrogen-bond acceptors (Lipinski definition) is 0. The average molecular weight is 160 g/mol. The second-order valence-corrected chi connectivity index (χ2v) is 3.38. The molecule has 1 saturated carbocycles. The standard InChI is InChI=1S/C8H16.C2H6.H2O/c1-7-4-3-5-8(2)6-7;1-2;/h7-8H,3-6H2,1-2H3;1-2H3;1H2. The maximum atomic E-state index is 2.37. The fraction of sp³-hybridized carbons (Fsp3) is 1.00. The van der Waals surface area contributed by atoms with E-state index in [0.717, 1.165) is 11.8 Å². The lowest BCUT2D eigenvalue weighted by atomic mass is 9.84. The fourth-order valence-electron chi connectivity index (χ4n) is 1.74. The first kappa shape index (κ1) is 13.5. The van der Waals surface area contributed by atoms with Crippen LogP contribution in [-0.2, 0) is 0 Å². The lowest BCUT2D eigenvalue weighted by molar-refractivity contribution is 0.301. The van der Waals surface area contributed by atoms with Crippen LogP contribution in [0.5, 0.6) is 0 Å². The Morgan fingerprint density at radius 2 is 1.27 bits per heavy atom. The lowest BCUT2D eigenvalue weighted by Crippen LogP contribution is -2.09. The first-order chi connectivity index (χ1) is 4.79. The van der Waals surface area contributed by atoms with Gasteiger partial charge in [0.05, 0.1) is 0 Å². The van der Waals surface area contributed by atoms with E-state index >= 15 is 0 Å². The molecule has 0 bridgehead atoms. The van der Waals surface area contributed by atoms with Crippen LogP contribution >= 0.6 is 0 Å². The molecule has 1 aliphatic rings. The molecule has 0 spiro atoms. The second kappa shape index (κ2) is 8.06. The van der Waals surface area contributed by atoms with Crippen molar-refractivity contribution in [2.24, 2.45) is 11.8 Å². The second-order valence-electron chi connectivity index (χ2n) is 3.38. The zero-order chi connectivity index (χ0) is 7.98. The molecule has 1 fully saturated rings. The third-order valence-electron chi connectivity index (χ3n) is 2.20. The van der Waals surface area contributed by atoms with Gasteiger partial charge in [0.1, 0.15) is 0 Å². The van der Waals surface area contributed by atoms with Crippen LogP contribution in [0.25, 0.3) is 0 Å². The van der Waals surface area contributed by atoms with Crippen LogP contribution in [0.4, 0.5) is 0 Å². The highest BCUT2D eigenvalue weighted by Crippen LogP contribution is 2.27. The Bertz CT molecular complexity index is 63.3. The molecular weight excluding hydrogens is 136 g/mol. The van der Waals surface area contributed by atoms with Crippen LogP contribution in [0.1, 0.15) is 53.4 Å². The molecule has 2 atom stereocenters. The molecule has 1 rings (SSSR count). The van der Waals surface area contributed by atoms with Crippen molar-refractivity contribution in [1.29, 1.82) is 0 Å². The van der Waals surface area contributed by atoms with Gasteiger partial charge in [-0.15, -0.1) is 0 Å². The molecule has 0 aromatic rings. The summed E-state index contributed by atoms with van der Waals surface area (Å²) in [4.78, 5) is 0. The van der Waals surface area contributed by atoms with Gasteiger partial charge in [-0.1, -0.05) is 47.0 Å². The van der Waals surface area contributed by atoms with Crippen LogP contribution in [0.15, 0.2) is 0 Å². The third-order valence-corrected chi connectivity index (χ3v) is 2.20. The van der Waals surface area contributed by atoms with Gasteiger partial charge in [0.25, 0.3) is 0 Å². The largest absolute Gasteiger partial charge is 0.412 e. The highest BCUT2D eigenvalue weighted by Gasteiger charge is 2.13. The number of hydrogen-bond donors (Lipinski definition) is 0. The predicted molar refractivity (Wildman–Crippen MR) is 51.8 cm³/mol. The Hall–Kier alpha value is -0.0400. The van der Waals surface area contributed by atoms with E-state index in [1.165, 1.54) is 25.7 Å². The van der Waals surface area contributed by atoms with Gasteiger partial charge in [0.2, 0.25) is 0 Å². The van der Waals surface area contributed by atoms with E-state index in [-0.39, 0.29) is 5.48 Å². The average Bonchev–Trinajstić information content (AvgIpc) is 1.91. The molecule has 11 heavy (non-hydrogen) atoms. The summed E-state index contributed by atoms with van der Waals surface area (Å²) in [5.74, 6) is 2.03. The third kappa shape index (κ3) is 6.36. The summed E-state index contributed by atoms with van der Waals surface area (Å²) in [5, 5.41) is 0. The van der Waals surface area contributed by atoms with E-state index < -0.39 is 0 Å². The molecule has 0 radical (unpaired) electrons. The molecule has 0 amide bonds. The molecule has 2 N–H and O–H groups in total. The maximum absolute atomic E-state index is 2.37. The molecule has 0 aliphatic heterocycles. The van der Waals surface area contributed by atoms with Crippen molar-refractivity contribution < 1.29 is 5.48 Å². The first-order valence-electron chi connectivity index (χ1n) is 4.79. The van der Waals surface area contributed by atoms with E-state index in [2.05, 4.69) is 13.8 Å². The Kier molecular flexibility index (Phi) is 9.92. The summed E-state index contributed by atoms with van der Waals surface area (Å²) < 4.78 is 0. The molecule has 70 valence electrons. The molecule has 1 heteroatoms. The van der Waals surface area contributed by atoms with Gasteiger partial charge in [-0.05, 0) is 18.3 Å². The molecule has 1 nitrogen and oxygen atoms in total. The molecule has 1 aliphatic carbocycles. The van der Waals surface area contributed by atoms with Gasteiger partial charge >= 0.3 is 0 Å². The Morgan fingerprint density at radius 1 is 0.909 bits per heavy atom. The molecule has 0 saturated heterocycles. The van der Waals surface area contributed by atoms with Crippen molar-refractivity contribution in [3.8, 4) is 0 Å². The summed E-state index contributed by atoms with van der Waals surface area (Å²) in [5.41, 5.74) is 0. The first-order valence-corrected chi connectivity index (χ1v) is 4.79. The van der Waals surface area contributed by atoms with Crippen LogP contribution < -0.4 is 0 Å². The van der Waals surface area contributed by atoms with Crippen molar-refractivity contribution >= 4 is 0 Å². The van der Waals surface area contributed by atoms with Gasteiger partial charge in [0, 0.05) is 0 Å². The quantitative estimate of drug-likeness (QED) is 0.521. The van der Waals surface area contributed by atoms with Gasteiger partial charge < -0.3 is 5.48 Å². The summed E-state index contributed by atoms with van der Waals surface area (Å²) in [6.07, 6.45) is 5.90. The Morgan fingerprint density at radius 3 is 1.45 bits per heavy atom. The molecule has 0 aromatic carbocycles. The zero-order valence-corrected chi connectivity index (χ0v) is 8.48. The topological polar surface area (TPSA) is 31.5 Å². The minimum absolute atomic E-state index is 0. The normalized spacial score (nSPS) is 29.5. The fourth-order valence-corrected chi connectivity index (χ4v) is 1.74. The van der Waals surface area contributed by atoms with E-state index in [0.29, 0.717) is 0 Å².